The quantitative estimate of drug-likeness (QED) is 0.575. The molecule has 0 fully saturated rings. The average Bonchev–Trinajstić information content (AvgIpc) is 3.11. The molecule has 0 amide bonds. The molecule has 28 heavy (non-hydrogen) atoms. The Morgan fingerprint density at radius 2 is 1.79 bits per heavy atom. The summed E-state index contributed by atoms with van der Waals surface area (Å²) in [6.07, 6.45) is -0.0762. The van der Waals surface area contributed by atoms with Gasteiger partial charge in [0.25, 0.3) is 5.56 Å². The first-order chi connectivity index (χ1) is 13.4. The molecule has 0 spiro atoms. The largest absolute Gasteiger partial charge is 0.416 e. The second-order valence-corrected chi connectivity index (χ2v) is 6.04. The van der Waals surface area contributed by atoms with Crippen LogP contribution in [0.1, 0.15) is 17.0 Å². The maximum atomic E-state index is 12.8. The van der Waals surface area contributed by atoms with Gasteiger partial charge in [0.2, 0.25) is 0 Å². The number of H-pyrrole nitrogens is 1. The normalized spacial score (nSPS) is 12.1. The van der Waals surface area contributed by atoms with Gasteiger partial charge in [-0.05, 0) is 35.9 Å². The van der Waals surface area contributed by atoms with Gasteiger partial charge in [-0.2, -0.15) is 18.3 Å². The first-order valence-electron chi connectivity index (χ1n) is 8.31. The van der Waals surface area contributed by atoms with Crippen molar-refractivity contribution in [2.75, 3.05) is 0 Å². The lowest BCUT2D eigenvalue weighted by molar-refractivity contribution is -0.137. The molecule has 4 rings (SSSR count). The van der Waals surface area contributed by atoms with Crippen LogP contribution in [0.15, 0.2) is 65.6 Å². The predicted molar refractivity (Wildman–Crippen MR) is 99.9 cm³/mol. The third kappa shape index (κ3) is 3.44. The van der Waals surface area contributed by atoms with E-state index in [4.69, 9.17) is 0 Å². The second-order valence-electron chi connectivity index (χ2n) is 6.04. The molecule has 8 heteroatoms. The van der Waals surface area contributed by atoms with E-state index in [2.05, 4.69) is 15.1 Å². The molecule has 0 saturated carbocycles. The molecular weight excluding hydrogens is 369 g/mol. The van der Waals surface area contributed by atoms with Crippen LogP contribution in [-0.2, 0) is 6.18 Å². The van der Waals surface area contributed by atoms with Gasteiger partial charge < -0.3 is 4.98 Å². The molecule has 0 bridgehead atoms. The molecule has 0 saturated heterocycles. The third-order valence-corrected chi connectivity index (χ3v) is 4.10. The number of hydrogen-bond donors (Lipinski definition) is 1. The molecule has 5 nitrogen and oxygen atoms in total. The van der Waals surface area contributed by atoms with Gasteiger partial charge in [0.1, 0.15) is 11.2 Å². The summed E-state index contributed by atoms with van der Waals surface area (Å²) >= 11 is 0. The highest BCUT2D eigenvalue weighted by Crippen LogP contribution is 2.29. The van der Waals surface area contributed by atoms with Gasteiger partial charge in [-0.3, -0.25) is 4.79 Å². The summed E-state index contributed by atoms with van der Waals surface area (Å²) in [5.74, 6) is 0.215. The summed E-state index contributed by atoms with van der Waals surface area (Å²) in [6.45, 7) is 0. The van der Waals surface area contributed by atoms with Crippen molar-refractivity contribution >= 4 is 23.2 Å². The fourth-order valence-electron chi connectivity index (χ4n) is 2.77. The van der Waals surface area contributed by atoms with Gasteiger partial charge >= 0.3 is 6.18 Å². The van der Waals surface area contributed by atoms with E-state index in [0.717, 1.165) is 17.8 Å². The maximum absolute atomic E-state index is 12.8. The van der Waals surface area contributed by atoms with Gasteiger partial charge in [0.05, 0.1) is 17.4 Å². The Kier molecular flexibility index (Phi) is 4.31. The highest BCUT2D eigenvalue weighted by atomic mass is 19.4. The Balaban J connectivity index is 1.74. The van der Waals surface area contributed by atoms with Crippen LogP contribution in [0.2, 0.25) is 0 Å². The van der Waals surface area contributed by atoms with Gasteiger partial charge in [-0.1, -0.05) is 36.4 Å². The lowest BCUT2D eigenvalue weighted by atomic mass is 10.1. The lowest BCUT2D eigenvalue weighted by Crippen LogP contribution is -2.10. The number of fused-ring (bicyclic) bond motifs is 1. The Bertz CT molecular complexity index is 1220. The van der Waals surface area contributed by atoms with Crippen molar-refractivity contribution < 1.29 is 13.2 Å². The number of nitrogens with zero attached hydrogens (tertiary/aromatic N) is 3. The summed E-state index contributed by atoms with van der Waals surface area (Å²) in [6, 6.07) is 14.1. The number of benzene rings is 2. The standard InChI is InChI=1S/C20H13F3N4O/c21-20(22,23)14-6-4-5-13(11-14)9-10-17-25-18-16(19(28)26-17)12-24-27(18)15-7-2-1-3-8-15/h1-12H,(H,25,26,28)/b10-9+. The number of nitrogens with one attached hydrogen (secondary N) is 1. The van der Waals surface area contributed by atoms with Crippen molar-refractivity contribution in [1.29, 1.82) is 0 Å². The molecule has 1 N–H and O–H groups in total. The third-order valence-electron chi connectivity index (χ3n) is 4.10. The van der Waals surface area contributed by atoms with E-state index < -0.39 is 11.7 Å². The van der Waals surface area contributed by atoms with Crippen LogP contribution < -0.4 is 5.56 Å². The molecule has 4 aromatic rings. The van der Waals surface area contributed by atoms with Crippen LogP contribution in [0, 0.1) is 0 Å². The molecule has 2 aromatic heterocycles. The summed E-state index contributed by atoms with van der Waals surface area (Å²) in [5.41, 5.74) is 0.320. The van der Waals surface area contributed by atoms with Gasteiger partial charge in [0, 0.05) is 0 Å². The number of para-hydroxylation sites is 1. The number of rotatable bonds is 3. The van der Waals surface area contributed by atoms with Crippen LogP contribution >= 0.6 is 0 Å². The molecular formula is C20H13F3N4O. The van der Waals surface area contributed by atoms with Crippen molar-refractivity contribution in [3.63, 3.8) is 0 Å². The zero-order valence-electron chi connectivity index (χ0n) is 14.3. The Hall–Kier alpha value is -3.68. The smallest absolute Gasteiger partial charge is 0.306 e. The number of alkyl halides is 3. The summed E-state index contributed by atoms with van der Waals surface area (Å²) < 4.78 is 40.0. The SMILES string of the molecule is O=c1[nH]c(/C=C/c2cccc(C(F)(F)F)c2)nc2c1cnn2-c1ccccc1. The first kappa shape index (κ1) is 17.7. The highest BCUT2D eigenvalue weighted by molar-refractivity contribution is 5.77. The monoisotopic (exact) mass is 382 g/mol. The fraction of sp³-hybridized carbons (Fsp3) is 0.0500. The Morgan fingerprint density at radius 3 is 2.54 bits per heavy atom. The van der Waals surface area contributed by atoms with Gasteiger partial charge in [-0.25, -0.2) is 9.67 Å². The minimum absolute atomic E-state index is 0.215. The molecule has 2 heterocycles. The van der Waals surface area contributed by atoms with E-state index in [1.807, 2.05) is 30.3 Å². The van der Waals surface area contributed by atoms with Crippen molar-refractivity contribution in [3.8, 4) is 5.69 Å². The zero-order valence-corrected chi connectivity index (χ0v) is 14.3. The number of aromatic amines is 1. The second kappa shape index (κ2) is 6.80. The van der Waals surface area contributed by atoms with Gasteiger partial charge in [0.15, 0.2) is 5.65 Å². The minimum atomic E-state index is -4.42. The van der Waals surface area contributed by atoms with Crippen LogP contribution in [0.4, 0.5) is 13.2 Å². The molecule has 0 unspecified atom stereocenters. The van der Waals surface area contributed by atoms with Gasteiger partial charge in [-0.15, -0.1) is 0 Å². The van der Waals surface area contributed by atoms with Crippen LogP contribution in [-0.4, -0.2) is 19.7 Å². The number of aromatic nitrogens is 4. The highest BCUT2D eigenvalue weighted by Gasteiger charge is 2.30. The summed E-state index contributed by atoms with van der Waals surface area (Å²) in [5, 5.41) is 4.53. The van der Waals surface area contributed by atoms with E-state index >= 15 is 0 Å². The molecule has 0 aliphatic rings. The van der Waals surface area contributed by atoms with E-state index in [1.54, 1.807) is 0 Å². The topological polar surface area (TPSA) is 63.6 Å². The molecule has 0 aliphatic heterocycles. The van der Waals surface area contributed by atoms with Crippen LogP contribution in [0.25, 0.3) is 28.9 Å². The van der Waals surface area contributed by atoms with E-state index in [0.29, 0.717) is 16.6 Å². The predicted octanol–water partition coefficient (Wildman–Crippen LogP) is 4.30. The molecule has 2 aromatic carbocycles. The average molecular weight is 382 g/mol. The first-order valence-corrected chi connectivity index (χ1v) is 8.31. The number of hydrogen-bond acceptors (Lipinski definition) is 3. The Labute approximate surface area is 156 Å². The van der Waals surface area contributed by atoms with Crippen molar-refractivity contribution in [2.45, 2.75) is 6.18 Å². The fourth-order valence-corrected chi connectivity index (χ4v) is 2.77. The lowest BCUT2D eigenvalue weighted by Gasteiger charge is -2.06. The summed E-state index contributed by atoms with van der Waals surface area (Å²) in [7, 11) is 0. The maximum Gasteiger partial charge on any atom is 0.416 e. The van der Waals surface area contributed by atoms with E-state index in [1.165, 1.54) is 35.2 Å². The summed E-state index contributed by atoms with van der Waals surface area (Å²) in [4.78, 5) is 19.3. The van der Waals surface area contributed by atoms with E-state index in [-0.39, 0.29) is 11.4 Å². The van der Waals surface area contributed by atoms with Crippen LogP contribution in [0.5, 0.6) is 0 Å². The van der Waals surface area contributed by atoms with Crippen molar-refractivity contribution in [2.24, 2.45) is 0 Å². The molecule has 0 radical (unpaired) electrons. The number of halogens is 3. The zero-order chi connectivity index (χ0) is 19.7. The Morgan fingerprint density at radius 1 is 1.00 bits per heavy atom. The molecule has 0 atom stereocenters. The molecule has 0 aliphatic carbocycles. The minimum Gasteiger partial charge on any atom is -0.306 e. The van der Waals surface area contributed by atoms with Crippen LogP contribution in [0.3, 0.4) is 0 Å². The van der Waals surface area contributed by atoms with Crippen molar-refractivity contribution in [3.05, 3.63) is 88.1 Å². The van der Waals surface area contributed by atoms with Crippen molar-refractivity contribution in [1.82, 2.24) is 19.7 Å². The molecule has 140 valence electrons. The van der Waals surface area contributed by atoms with E-state index in [9.17, 15) is 18.0 Å².